The largest absolute Gasteiger partial charge is 0.393 e. The third-order valence-electron chi connectivity index (χ3n) is 3.88. The molecule has 0 saturated carbocycles. The summed E-state index contributed by atoms with van der Waals surface area (Å²) in [7, 11) is 0. The highest BCUT2D eigenvalue weighted by atomic mass is 16.3. The van der Waals surface area contributed by atoms with Gasteiger partial charge in [-0.1, -0.05) is 32.0 Å². The van der Waals surface area contributed by atoms with Crippen LogP contribution < -0.4 is 4.90 Å². The van der Waals surface area contributed by atoms with Gasteiger partial charge in [0.25, 0.3) is 0 Å². The van der Waals surface area contributed by atoms with Gasteiger partial charge in [-0.05, 0) is 24.8 Å². The zero-order valence-electron chi connectivity index (χ0n) is 11.2. The lowest BCUT2D eigenvalue weighted by molar-refractivity contribution is 0.0968. The number of para-hydroxylation sites is 1. The molecule has 2 rings (SSSR count). The van der Waals surface area contributed by atoms with Gasteiger partial charge in [-0.2, -0.15) is 0 Å². The van der Waals surface area contributed by atoms with E-state index in [0.717, 1.165) is 37.2 Å². The van der Waals surface area contributed by atoms with Gasteiger partial charge in [-0.3, -0.25) is 0 Å². The van der Waals surface area contributed by atoms with Crippen LogP contribution in [-0.4, -0.2) is 29.4 Å². The first-order chi connectivity index (χ1) is 8.63. The molecule has 0 radical (unpaired) electrons. The molecule has 0 amide bonds. The highest BCUT2D eigenvalue weighted by Crippen LogP contribution is 2.31. The molecule has 3 heteroatoms. The monoisotopic (exact) mass is 249 g/mol. The molecule has 1 aromatic carbocycles. The fourth-order valence-electron chi connectivity index (χ4n) is 2.63. The lowest BCUT2D eigenvalue weighted by Gasteiger charge is -2.37. The van der Waals surface area contributed by atoms with Crippen molar-refractivity contribution in [3.05, 3.63) is 29.8 Å². The first-order valence-corrected chi connectivity index (χ1v) is 6.83. The first kappa shape index (κ1) is 13.4. The molecule has 18 heavy (non-hydrogen) atoms. The standard InChI is InChI=1S/C15H23NO2/c1-3-14(17)12-6-4-5-7-13(12)16-9-8-15(18)11(2)10-16/h4-7,11,14-15,17-18H,3,8-10H2,1-2H3/t11?,14-,15?/m1/s1. The zero-order chi connectivity index (χ0) is 13.1. The van der Waals surface area contributed by atoms with Crippen LogP contribution >= 0.6 is 0 Å². The van der Waals surface area contributed by atoms with Crippen molar-refractivity contribution in [2.75, 3.05) is 18.0 Å². The summed E-state index contributed by atoms with van der Waals surface area (Å²) in [6, 6.07) is 8.05. The van der Waals surface area contributed by atoms with Gasteiger partial charge in [-0.15, -0.1) is 0 Å². The van der Waals surface area contributed by atoms with Crippen LogP contribution in [0, 0.1) is 5.92 Å². The normalized spacial score (nSPS) is 26.1. The SMILES string of the molecule is CC[C@@H](O)c1ccccc1N1CCC(O)C(C)C1. The maximum Gasteiger partial charge on any atom is 0.0807 e. The number of aliphatic hydroxyl groups excluding tert-OH is 2. The van der Waals surface area contributed by atoms with Crippen molar-refractivity contribution < 1.29 is 10.2 Å². The van der Waals surface area contributed by atoms with Crippen molar-refractivity contribution in [3.63, 3.8) is 0 Å². The maximum atomic E-state index is 10.1. The number of hydrogen-bond acceptors (Lipinski definition) is 3. The third kappa shape index (κ3) is 2.68. The summed E-state index contributed by atoms with van der Waals surface area (Å²) in [4.78, 5) is 2.28. The number of rotatable bonds is 3. The molecular weight excluding hydrogens is 226 g/mol. The second-order valence-corrected chi connectivity index (χ2v) is 5.26. The van der Waals surface area contributed by atoms with E-state index in [-0.39, 0.29) is 12.0 Å². The Morgan fingerprint density at radius 2 is 2.11 bits per heavy atom. The number of piperidine rings is 1. The van der Waals surface area contributed by atoms with Crippen LogP contribution in [0.4, 0.5) is 5.69 Å². The average Bonchev–Trinajstić information content (AvgIpc) is 2.41. The number of nitrogens with zero attached hydrogens (tertiary/aromatic N) is 1. The highest BCUT2D eigenvalue weighted by Gasteiger charge is 2.26. The lowest BCUT2D eigenvalue weighted by Crippen LogP contribution is -2.42. The van der Waals surface area contributed by atoms with E-state index >= 15 is 0 Å². The molecule has 1 aliphatic rings. The van der Waals surface area contributed by atoms with E-state index in [1.54, 1.807) is 0 Å². The molecular formula is C15H23NO2. The molecule has 2 N–H and O–H groups in total. The quantitative estimate of drug-likeness (QED) is 0.864. The summed E-state index contributed by atoms with van der Waals surface area (Å²) in [5.74, 6) is 0.283. The molecule has 1 saturated heterocycles. The molecule has 1 aromatic rings. The van der Waals surface area contributed by atoms with Crippen LogP contribution in [0.3, 0.4) is 0 Å². The van der Waals surface area contributed by atoms with Crippen molar-refractivity contribution >= 4 is 5.69 Å². The Kier molecular flexibility index (Phi) is 4.25. The minimum absolute atomic E-state index is 0.190. The predicted molar refractivity (Wildman–Crippen MR) is 73.7 cm³/mol. The topological polar surface area (TPSA) is 43.7 Å². The maximum absolute atomic E-state index is 10.1. The van der Waals surface area contributed by atoms with Gasteiger partial charge in [0.05, 0.1) is 12.2 Å². The summed E-state index contributed by atoms with van der Waals surface area (Å²) in [5.41, 5.74) is 2.12. The van der Waals surface area contributed by atoms with E-state index in [1.165, 1.54) is 0 Å². The Bertz CT molecular complexity index is 394. The van der Waals surface area contributed by atoms with Crippen molar-refractivity contribution in [1.82, 2.24) is 0 Å². The number of benzene rings is 1. The molecule has 3 atom stereocenters. The Balaban J connectivity index is 2.22. The molecule has 1 heterocycles. The molecule has 1 aliphatic heterocycles. The van der Waals surface area contributed by atoms with Gasteiger partial charge in [0.15, 0.2) is 0 Å². The van der Waals surface area contributed by atoms with Crippen LogP contribution in [0.25, 0.3) is 0 Å². The average molecular weight is 249 g/mol. The predicted octanol–water partition coefficient (Wildman–Crippen LogP) is 2.34. The van der Waals surface area contributed by atoms with Crippen LogP contribution in [0.2, 0.25) is 0 Å². The smallest absolute Gasteiger partial charge is 0.0807 e. The van der Waals surface area contributed by atoms with Crippen molar-refractivity contribution in [3.8, 4) is 0 Å². The fourth-order valence-corrected chi connectivity index (χ4v) is 2.63. The Hall–Kier alpha value is -1.06. The van der Waals surface area contributed by atoms with E-state index in [4.69, 9.17) is 0 Å². The minimum Gasteiger partial charge on any atom is -0.393 e. The van der Waals surface area contributed by atoms with Gasteiger partial charge >= 0.3 is 0 Å². The van der Waals surface area contributed by atoms with E-state index < -0.39 is 6.10 Å². The minimum atomic E-state index is -0.400. The molecule has 0 aromatic heterocycles. The summed E-state index contributed by atoms with van der Waals surface area (Å²) in [6.07, 6.45) is 0.939. The van der Waals surface area contributed by atoms with E-state index in [9.17, 15) is 10.2 Å². The zero-order valence-corrected chi connectivity index (χ0v) is 11.2. The second-order valence-electron chi connectivity index (χ2n) is 5.26. The van der Waals surface area contributed by atoms with Gasteiger partial charge in [0, 0.05) is 24.3 Å². The van der Waals surface area contributed by atoms with Crippen molar-refractivity contribution in [2.45, 2.75) is 38.9 Å². The van der Waals surface area contributed by atoms with Crippen LogP contribution in [0.5, 0.6) is 0 Å². The van der Waals surface area contributed by atoms with E-state index in [2.05, 4.69) is 17.9 Å². The molecule has 0 bridgehead atoms. The number of anilines is 1. The Morgan fingerprint density at radius 3 is 2.78 bits per heavy atom. The molecule has 0 aliphatic carbocycles. The molecule has 3 nitrogen and oxygen atoms in total. The summed E-state index contributed by atoms with van der Waals surface area (Å²) < 4.78 is 0. The number of aliphatic hydroxyl groups is 2. The molecule has 1 fully saturated rings. The molecule has 100 valence electrons. The van der Waals surface area contributed by atoms with E-state index in [1.807, 2.05) is 25.1 Å². The number of hydrogen-bond donors (Lipinski definition) is 2. The second kappa shape index (κ2) is 5.72. The van der Waals surface area contributed by atoms with Gasteiger partial charge in [0.2, 0.25) is 0 Å². The Labute approximate surface area is 109 Å². The first-order valence-electron chi connectivity index (χ1n) is 6.83. The van der Waals surface area contributed by atoms with Crippen molar-refractivity contribution in [2.24, 2.45) is 5.92 Å². The molecule has 0 spiro atoms. The lowest BCUT2D eigenvalue weighted by atomic mass is 9.95. The van der Waals surface area contributed by atoms with Crippen molar-refractivity contribution in [1.29, 1.82) is 0 Å². The fraction of sp³-hybridized carbons (Fsp3) is 0.600. The molecule has 2 unspecified atom stereocenters. The van der Waals surface area contributed by atoms with Gasteiger partial charge in [0.1, 0.15) is 0 Å². The van der Waals surface area contributed by atoms with Crippen LogP contribution in [0.15, 0.2) is 24.3 Å². The summed E-state index contributed by atoms with van der Waals surface area (Å²) in [6.45, 7) is 5.79. The summed E-state index contributed by atoms with van der Waals surface area (Å²) in [5, 5.41) is 19.9. The van der Waals surface area contributed by atoms with Crippen LogP contribution in [0.1, 0.15) is 38.4 Å². The van der Waals surface area contributed by atoms with E-state index in [0.29, 0.717) is 0 Å². The highest BCUT2D eigenvalue weighted by molar-refractivity contribution is 5.55. The Morgan fingerprint density at radius 1 is 1.39 bits per heavy atom. The van der Waals surface area contributed by atoms with Crippen LogP contribution in [-0.2, 0) is 0 Å². The summed E-state index contributed by atoms with van der Waals surface area (Å²) >= 11 is 0. The third-order valence-corrected chi connectivity index (χ3v) is 3.88. The van der Waals surface area contributed by atoms with Gasteiger partial charge < -0.3 is 15.1 Å². The van der Waals surface area contributed by atoms with Gasteiger partial charge in [-0.25, -0.2) is 0 Å².